The zero-order chi connectivity index (χ0) is 20.1. The number of rotatable bonds is 6. The number of hydrogen-bond donors (Lipinski definition) is 1. The highest BCUT2D eigenvalue weighted by Gasteiger charge is 2.18. The van der Waals surface area contributed by atoms with E-state index in [-0.39, 0.29) is 5.91 Å². The lowest BCUT2D eigenvalue weighted by Crippen LogP contribution is -2.47. The van der Waals surface area contributed by atoms with E-state index in [0.717, 1.165) is 55.3 Å². The van der Waals surface area contributed by atoms with Crippen LogP contribution in [0.4, 0.5) is 11.4 Å². The predicted octanol–water partition coefficient (Wildman–Crippen LogP) is 3.77. The molecule has 1 N–H and O–H groups in total. The lowest BCUT2D eigenvalue weighted by Gasteiger charge is -2.36. The molecule has 1 fully saturated rings. The maximum Gasteiger partial charge on any atom is 0.225 e. The van der Waals surface area contributed by atoms with Crippen molar-refractivity contribution in [3.63, 3.8) is 0 Å². The first kappa shape index (κ1) is 20.2. The fourth-order valence-corrected chi connectivity index (χ4v) is 3.86. The number of carbonyl (C=O) groups excluding carboxylic acids is 1. The third kappa shape index (κ3) is 5.04. The summed E-state index contributed by atoms with van der Waals surface area (Å²) in [7, 11) is 1.69. The Morgan fingerprint density at radius 3 is 2.18 bits per heavy atom. The van der Waals surface area contributed by atoms with Gasteiger partial charge >= 0.3 is 0 Å². The van der Waals surface area contributed by atoms with E-state index in [1.807, 2.05) is 26.0 Å². The Morgan fingerprint density at radius 2 is 1.61 bits per heavy atom. The van der Waals surface area contributed by atoms with Crippen LogP contribution in [0.15, 0.2) is 36.4 Å². The summed E-state index contributed by atoms with van der Waals surface area (Å²) in [5.41, 5.74) is 5.66. The molecule has 3 rings (SSSR count). The summed E-state index contributed by atoms with van der Waals surface area (Å²) >= 11 is 0. The quantitative estimate of drug-likeness (QED) is 0.827. The first-order chi connectivity index (χ1) is 13.5. The number of aryl methyl sites for hydroxylation is 3. The van der Waals surface area contributed by atoms with E-state index in [0.29, 0.717) is 6.42 Å². The lowest BCUT2D eigenvalue weighted by atomic mass is 10.0. The zero-order valence-electron chi connectivity index (χ0n) is 17.4. The van der Waals surface area contributed by atoms with Crippen molar-refractivity contribution in [1.29, 1.82) is 0 Å². The second-order valence-corrected chi connectivity index (χ2v) is 7.60. The van der Waals surface area contributed by atoms with Crippen LogP contribution in [0.1, 0.15) is 23.1 Å². The molecule has 0 atom stereocenters. The molecule has 0 spiro atoms. The van der Waals surface area contributed by atoms with Crippen molar-refractivity contribution in [2.45, 2.75) is 27.2 Å². The second kappa shape index (κ2) is 9.11. The van der Waals surface area contributed by atoms with Crippen molar-refractivity contribution < 1.29 is 9.53 Å². The first-order valence-corrected chi connectivity index (χ1v) is 9.95. The van der Waals surface area contributed by atoms with Crippen LogP contribution in [-0.2, 0) is 4.79 Å². The summed E-state index contributed by atoms with van der Waals surface area (Å²) in [4.78, 5) is 17.2. The average Bonchev–Trinajstić information content (AvgIpc) is 2.69. The maximum absolute atomic E-state index is 12.4. The molecule has 0 aliphatic carbocycles. The Bertz CT molecular complexity index is 786. The minimum absolute atomic E-state index is 0.0904. The zero-order valence-corrected chi connectivity index (χ0v) is 17.4. The first-order valence-electron chi connectivity index (χ1n) is 9.95. The molecule has 5 nitrogen and oxygen atoms in total. The Kier molecular flexibility index (Phi) is 6.57. The van der Waals surface area contributed by atoms with Crippen molar-refractivity contribution in [2.24, 2.45) is 0 Å². The summed E-state index contributed by atoms with van der Waals surface area (Å²) in [6.45, 7) is 10.9. The van der Waals surface area contributed by atoms with Crippen molar-refractivity contribution in [2.75, 3.05) is 50.1 Å². The fourth-order valence-electron chi connectivity index (χ4n) is 3.86. The molecular weight excluding hydrogens is 350 g/mol. The topological polar surface area (TPSA) is 44.8 Å². The number of piperazine rings is 1. The molecule has 0 aromatic heterocycles. The van der Waals surface area contributed by atoms with Crippen molar-refractivity contribution in [3.8, 4) is 5.75 Å². The molecule has 28 heavy (non-hydrogen) atoms. The van der Waals surface area contributed by atoms with Gasteiger partial charge in [0.1, 0.15) is 5.75 Å². The number of anilines is 2. The van der Waals surface area contributed by atoms with Gasteiger partial charge in [-0.3, -0.25) is 9.69 Å². The summed E-state index contributed by atoms with van der Waals surface area (Å²) < 4.78 is 5.23. The molecule has 1 aliphatic rings. The monoisotopic (exact) mass is 381 g/mol. The lowest BCUT2D eigenvalue weighted by molar-refractivity contribution is -0.116. The van der Waals surface area contributed by atoms with Gasteiger partial charge in [-0.2, -0.15) is 0 Å². The van der Waals surface area contributed by atoms with Gasteiger partial charge < -0.3 is 15.0 Å². The van der Waals surface area contributed by atoms with Gasteiger partial charge in [0.2, 0.25) is 5.91 Å². The van der Waals surface area contributed by atoms with Gasteiger partial charge in [-0.05, 0) is 56.2 Å². The van der Waals surface area contributed by atoms with Crippen LogP contribution >= 0.6 is 0 Å². The number of benzene rings is 2. The van der Waals surface area contributed by atoms with Gasteiger partial charge in [-0.25, -0.2) is 0 Å². The third-order valence-electron chi connectivity index (χ3n) is 5.41. The Labute approximate surface area is 168 Å². The number of amides is 1. The summed E-state index contributed by atoms with van der Waals surface area (Å²) in [6, 6.07) is 12.4. The number of hydrogen-bond acceptors (Lipinski definition) is 4. The molecule has 0 unspecified atom stereocenters. The molecule has 0 saturated carbocycles. The highest BCUT2D eigenvalue weighted by atomic mass is 16.5. The van der Waals surface area contributed by atoms with E-state index in [2.05, 4.69) is 46.3 Å². The third-order valence-corrected chi connectivity index (χ3v) is 5.41. The number of ether oxygens (including phenoxy) is 1. The number of nitrogens with zero attached hydrogens (tertiary/aromatic N) is 2. The number of carbonyl (C=O) groups is 1. The van der Waals surface area contributed by atoms with Crippen molar-refractivity contribution in [1.82, 2.24) is 4.90 Å². The van der Waals surface area contributed by atoms with Crippen LogP contribution in [0.2, 0.25) is 0 Å². The highest BCUT2D eigenvalue weighted by molar-refractivity contribution is 5.92. The van der Waals surface area contributed by atoms with E-state index < -0.39 is 0 Å². The van der Waals surface area contributed by atoms with E-state index >= 15 is 0 Å². The van der Waals surface area contributed by atoms with E-state index in [9.17, 15) is 4.79 Å². The van der Waals surface area contributed by atoms with Gasteiger partial charge in [0.05, 0.1) is 7.11 Å². The van der Waals surface area contributed by atoms with Gasteiger partial charge in [0.25, 0.3) is 0 Å². The Balaban J connectivity index is 1.45. The second-order valence-electron chi connectivity index (χ2n) is 7.60. The standard InChI is InChI=1S/C23H31N3O2/c1-17-15-18(2)23(19(3)16-17)24-22(27)9-10-25-11-13-26(14-12-25)20-5-7-21(28-4)8-6-20/h5-8,15-16H,9-14H2,1-4H3,(H,24,27). The Hall–Kier alpha value is -2.53. The molecule has 1 amide bonds. The van der Waals surface area contributed by atoms with Crippen LogP contribution < -0.4 is 15.0 Å². The minimum Gasteiger partial charge on any atom is -0.497 e. The average molecular weight is 382 g/mol. The minimum atomic E-state index is 0.0904. The molecule has 1 heterocycles. The number of nitrogens with one attached hydrogen (secondary N) is 1. The molecular formula is C23H31N3O2. The number of methoxy groups -OCH3 is 1. The molecule has 2 aromatic carbocycles. The van der Waals surface area contributed by atoms with Gasteiger partial charge in [0, 0.05) is 50.5 Å². The van der Waals surface area contributed by atoms with Crippen LogP contribution in [0.25, 0.3) is 0 Å². The molecule has 1 aliphatic heterocycles. The van der Waals surface area contributed by atoms with Crippen LogP contribution in [0.5, 0.6) is 5.75 Å². The van der Waals surface area contributed by atoms with Gasteiger partial charge in [-0.15, -0.1) is 0 Å². The maximum atomic E-state index is 12.4. The molecule has 5 heteroatoms. The molecule has 0 radical (unpaired) electrons. The summed E-state index contributed by atoms with van der Waals surface area (Å²) in [5, 5.41) is 3.10. The van der Waals surface area contributed by atoms with Crippen molar-refractivity contribution >= 4 is 17.3 Å². The predicted molar refractivity (Wildman–Crippen MR) is 116 cm³/mol. The van der Waals surface area contributed by atoms with E-state index in [4.69, 9.17) is 4.74 Å². The molecule has 150 valence electrons. The van der Waals surface area contributed by atoms with E-state index in [1.54, 1.807) is 7.11 Å². The molecule has 0 bridgehead atoms. The van der Waals surface area contributed by atoms with Crippen LogP contribution in [0.3, 0.4) is 0 Å². The van der Waals surface area contributed by atoms with Gasteiger partial charge in [-0.1, -0.05) is 17.7 Å². The van der Waals surface area contributed by atoms with Gasteiger partial charge in [0.15, 0.2) is 0 Å². The van der Waals surface area contributed by atoms with Crippen molar-refractivity contribution in [3.05, 3.63) is 53.1 Å². The molecule has 2 aromatic rings. The van der Waals surface area contributed by atoms with Crippen LogP contribution in [0, 0.1) is 20.8 Å². The summed E-state index contributed by atoms with van der Waals surface area (Å²) in [6.07, 6.45) is 0.523. The smallest absolute Gasteiger partial charge is 0.225 e. The van der Waals surface area contributed by atoms with E-state index in [1.165, 1.54) is 11.3 Å². The SMILES string of the molecule is COc1ccc(N2CCN(CCC(=O)Nc3c(C)cc(C)cc3C)CC2)cc1. The van der Waals surface area contributed by atoms with Crippen LogP contribution in [-0.4, -0.2) is 50.6 Å². The largest absolute Gasteiger partial charge is 0.497 e. The summed E-state index contributed by atoms with van der Waals surface area (Å²) in [5.74, 6) is 0.972. The Morgan fingerprint density at radius 1 is 1.00 bits per heavy atom. The highest BCUT2D eigenvalue weighted by Crippen LogP contribution is 2.23. The fraction of sp³-hybridized carbons (Fsp3) is 0.435. The normalized spacial score (nSPS) is 14.8. The molecule has 1 saturated heterocycles.